The number of rotatable bonds is 8. The van der Waals surface area contributed by atoms with Gasteiger partial charge < -0.3 is 20.5 Å². The van der Waals surface area contributed by atoms with Crippen molar-refractivity contribution in [3.8, 4) is 0 Å². The summed E-state index contributed by atoms with van der Waals surface area (Å²) in [4.78, 5) is 35.2. The van der Waals surface area contributed by atoms with Crippen molar-refractivity contribution in [2.24, 2.45) is 0 Å². The molecule has 0 aromatic heterocycles. The van der Waals surface area contributed by atoms with Crippen molar-refractivity contribution < 1.29 is 24.4 Å². The molecule has 2 aromatic rings. The fourth-order valence-corrected chi connectivity index (χ4v) is 2.72. The van der Waals surface area contributed by atoms with Gasteiger partial charge in [0.05, 0.1) is 27.8 Å². The predicted molar refractivity (Wildman–Crippen MR) is 109 cm³/mol. The number of esters is 1. The molecule has 2 aromatic carbocycles. The van der Waals surface area contributed by atoms with Crippen molar-refractivity contribution >= 4 is 52.1 Å². The van der Waals surface area contributed by atoms with E-state index in [9.17, 15) is 19.7 Å². The van der Waals surface area contributed by atoms with Gasteiger partial charge in [-0.05, 0) is 31.2 Å². The minimum Gasteiger partial charge on any atom is -0.449 e. The smallest absolute Gasteiger partial charge is 0.341 e. The third kappa shape index (κ3) is 6.05. The molecule has 0 heterocycles. The lowest BCUT2D eigenvalue weighted by Crippen LogP contribution is -2.30. The molecule has 0 saturated heterocycles. The number of ether oxygens (including phenoxy) is 1. The normalized spacial score (nSPS) is 11.4. The van der Waals surface area contributed by atoms with Crippen LogP contribution in [0.15, 0.2) is 36.4 Å². The lowest BCUT2D eigenvalue weighted by molar-refractivity contribution is -0.384. The second-order valence-electron chi connectivity index (χ2n) is 5.80. The average Bonchev–Trinajstić information content (AvgIpc) is 2.68. The molecule has 0 saturated carbocycles. The Balaban J connectivity index is 2.15. The lowest BCUT2D eigenvalue weighted by atomic mass is 10.1. The van der Waals surface area contributed by atoms with E-state index in [1.807, 2.05) is 0 Å². The topological polar surface area (TPSA) is 131 Å². The van der Waals surface area contributed by atoms with E-state index >= 15 is 0 Å². The van der Waals surface area contributed by atoms with Gasteiger partial charge in [-0.3, -0.25) is 14.9 Å². The molecule has 1 atom stereocenters. The first kappa shape index (κ1) is 22.4. The van der Waals surface area contributed by atoms with Crippen molar-refractivity contribution in [1.82, 2.24) is 0 Å². The number of amides is 1. The van der Waals surface area contributed by atoms with E-state index in [-0.39, 0.29) is 40.8 Å². The van der Waals surface area contributed by atoms with Crippen LogP contribution in [0.5, 0.6) is 0 Å². The standard InChI is InChI=1S/C18H17Cl2N3O6/c1-10(17(25)22-16-4-2-11(19)8-14(16)20)29-18(26)13-9-12(23(27)28)3-5-15(13)21-6-7-24/h2-5,8-10,21,24H,6-7H2,1H3,(H,22,25). The Bertz CT molecular complexity index is 938. The summed E-state index contributed by atoms with van der Waals surface area (Å²) >= 11 is 11.8. The van der Waals surface area contributed by atoms with E-state index in [0.717, 1.165) is 6.07 Å². The maximum atomic E-state index is 12.5. The van der Waals surface area contributed by atoms with Crippen LogP contribution < -0.4 is 10.6 Å². The number of nitro groups is 1. The number of aliphatic hydroxyl groups excluding tert-OH is 1. The molecule has 0 aliphatic heterocycles. The number of carbonyl (C=O) groups excluding carboxylic acids is 2. The highest BCUT2D eigenvalue weighted by atomic mass is 35.5. The van der Waals surface area contributed by atoms with E-state index in [4.69, 9.17) is 33.0 Å². The quantitative estimate of drug-likeness (QED) is 0.324. The Morgan fingerprint density at radius 2 is 1.90 bits per heavy atom. The van der Waals surface area contributed by atoms with E-state index in [2.05, 4.69) is 10.6 Å². The highest BCUT2D eigenvalue weighted by molar-refractivity contribution is 6.36. The number of aliphatic hydroxyl groups is 1. The van der Waals surface area contributed by atoms with Crippen molar-refractivity contribution in [3.05, 3.63) is 62.1 Å². The molecule has 0 aliphatic rings. The Hall–Kier alpha value is -2.88. The number of nitrogens with one attached hydrogen (secondary N) is 2. The van der Waals surface area contributed by atoms with E-state index < -0.39 is 22.9 Å². The molecular formula is C18H17Cl2N3O6. The van der Waals surface area contributed by atoms with Crippen molar-refractivity contribution in [2.75, 3.05) is 23.8 Å². The van der Waals surface area contributed by atoms with Gasteiger partial charge in [0.2, 0.25) is 0 Å². The molecule has 11 heteroatoms. The van der Waals surface area contributed by atoms with Gasteiger partial charge in [-0.25, -0.2) is 4.79 Å². The number of carbonyl (C=O) groups is 2. The number of nitro benzene ring substituents is 1. The highest BCUT2D eigenvalue weighted by Crippen LogP contribution is 2.26. The van der Waals surface area contributed by atoms with Gasteiger partial charge in [0.25, 0.3) is 11.6 Å². The van der Waals surface area contributed by atoms with Gasteiger partial charge >= 0.3 is 5.97 Å². The Morgan fingerprint density at radius 3 is 2.52 bits per heavy atom. The molecule has 154 valence electrons. The van der Waals surface area contributed by atoms with Crippen LogP contribution in [0, 0.1) is 10.1 Å². The summed E-state index contributed by atoms with van der Waals surface area (Å²) < 4.78 is 5.14. The first-order chi connectivity index (χ1) is 13.7. The molecule has 29 heavy (non-hydrogen) atoms. The second kappa shape index (κ2) is 10.1. The van der Waals surface area contributed by atoms with Crippen LogP contribution in [-0.2, 0) is 9.53 Å². The summed E-state index contributed by atoms with van der Waals surface area (Å²) in [5.74, 6) is -1.60. The number of nitrogens with zero attached hydrogens (tertiary/aromatic N) is 1. The summed E-state index contributed by atoms with van der Waals surface area (Å²) in [5, 5.41) is 25.8. The zero-order chi connectivity index (χ0) is 21.6. The molecule has 2 rings (SSSR count). The number of anilines is 2. The van der Waals surface area contributed by atoms with Gasteiger partial charge in [-0.1, -0.05) is 23.2 Å². The second-order valence-corrected chi connectivity index (χ2v) is 6.64. The maximum Gasteiger partial charge on any atom is 0.341 e. The Kier molecular flexibility index (Phi) is 7.77. The fraction of sp³-hybridized carbons (Fsp3) is 0.222. The van der Waals surface area contributed by atoms with Crippen molar-refractivity contribution in [3.63, 3.8) is 0 Å². The van der Waals surface area contributed by atoms with Gasteiger partial charge in [-0.2, -0.15) is 0 Å². The molecule has 0 aliphatic carbocycles. The van der Waals surface area contributed by atoms with Crippen LogP contribution in [0.4, 0.5) is 17.1 Å². The van der Waals surface area contributed by atoms with Gasteiger partial charge in [0.1, 0.15) is 0 Å². The first-order valence-corrected chi connectivity index (χ1v) is 9.08. The maximum absolute atomic E-state index is 12.5. The highest BCUT2D eigenvalue weighted by Gasteiger charge is 2.23. The number of halogens is 2. The van der Waals surface area contributed by atoms with Crippen LogP contribution in [0.2, 0.25) is 10.0 Å². The van der Waals surface area contributed by atoms with E-state index in [0.29, 0.717) is 5.02 Å². The molecule has 1 amide bonds. The van der Waals surface area contributed by atoms with Crippen LogP contribution >= 0.6 is 23.2 Å². The average molecular weight is 442 g/mol. The lowest BCUT2D eigenvalue weighted by Gasteiger charge is -2.16. The minimum atomic E-state index is -1.22. The SMILES string of the molecule is CC(OC(=O)c1cc([N+](=O)[O-])ccc1NCCO)C(=O)Nc1ccc(Cl)cc1Cl. The third-order valence-electron chi connectivity index (χ3n) is 3.70. The third-order valence-corrected chi connectivity index (χ3v) is 4.25. The van der Waals surface area contributed by atoms with Gasteiger partial charge in [0, 0.05) is 29.4 Å². The molecule has 0 bridgehead atoms. The zero-order valence-corrected chi connectivity index (χ0v) is 16.7. The monoisotopic (exact) mass is 441 g/mol. The zero-order valence-electron chi connectivity index (χ0n) is 15.1. The van der Waals surface area contributed by atoms with Crippen molar-refractivity contribution in [2.45, 2.75) is 13.0 Å². The van der Waals surface area contributed by atoms with Gasteiger partial charge in [-0.15, -0.1) is 0 Å². The fourth-order valence-electron chi connectivity index (χ4n) is 2.26. The molecule has 0 spiro atoms. The molecular weight excluding hydrogens is 425 g/mol. The Morgan fingerprint density at radius 1 is 1.21 bits per heavy atom. The van der Waals surface area contributed by atoms with Crippen molar-refractivity contribution in [1.29, 1.82) is 0 Å². The predicted octanol–water partition coefficient (Wildman–Crippen LogP) is 3.49. The molecule has 9 nitrogen and oxygen atoms in total. The molecule has 0 radical (unpaired) electrons. The number of benzene rings is 2. The summed E-state index contributed by atoms with van der Waals surface area (Å²) in [6.45, 7) is 1.24. The summed E-state index contributed by atoms with van der Waals surface area (Å²) in [6.07, 6.45) is -1.22. The summed E-state index contributed by atoms with van der Waals surface area (Å²) in [6, 6.07) is 8.02. The largest absolute Gasteiger partial charge is 0.449 e. The summed E-state index contributed by atoms with van der Waals surface area (Å²) in [5.41, 5.74) is 0.0426. The Labute approximate surface area is 175 Å². The molecule has 3 N–H and O–H groups in total. The van der Waals surface area contributed by atoms with E-state index in [1.54, 1.807) is 0 Å². The van der Waals surface area contributed by atoms with Gasteiger partial charge in [0.15, 0.2) is 6.10 Å². The van der Waals surface area contributed by atoms with Crippen LogP contribution in [0.3, 0.4) is 0 Å². The number of hydrogen-bond acceptors (Lipinski definition) is 7. The molecule has 1 unspecified atom stereocenters. The minimum absolute atomic E-state index is 0.114. The van der Waals surface area contributed by atoms with Crippen LogP contribution in [0.25, 0.3) is 0 Å². The number of hydrogen-bond donors (Lipinski definition) is 3. The number of non-ortho nitro benzene ring substituents is 1. The molecule has 0 fully saturated rings. The summed E-state index contributed by atoms with van der Waals surface area (Å²) in [7, 11) is 0. The van der Waals surface area contributed by atoms with E-state index in [1.165, 1.54) is 37.3 Å². The van der Waals surface area contributed by atoms with Crippen LogP contribution in [0.1, 0.15) is 17.3 Å². The first-order valence-electron chi connectivity index (χ1n) is 8.33. The van der Waals surface area contributed by atoms with Crippen LogP contribution in [-0.4, -0.2) is 41.2 Å².